The van der Waals surface area contributed by atoms with E-state index in [4.69, 9.17) is 10.00 Å². The van der Waals surface area contributed by atoms with Gasteiger partial charge in [-0.3, -0.25) is 4.90 Å². The van der Waals surface area contributed by atoms with E-state index in [0.717, 1.165) is 13.1 Å². The van der Waals surface area contributed by atoms with Crippen LogP contribution in [0.3, 0.4) is 0 Å². The normalized spacial score (nSPS) is 10.6. The Labute approximate surface area is 104 Å². The third kappa shape index (κ3) is 3.47. The van der Waals surface area contributed by atoms with Gasteiger partial charge in [-0.15, -0.1) is 0 Å². The van der Waals surface area contributed by atoms with E-state index in [2.05, 4.69) is 31.7 Å². The SMILES string of the molecule is CCN(Cc1ccc(C#N)c(OC)c1)C(C)C. The van der Waals surface area contributed by atoms with Gasteiger partial charge in [0, 0.05) is 12.6 Å². The Hall–Kier alpha value is -1.53. The Morgan fingerprint density at radius 1 is 1.41 bits per heavy atom. The van der Waals surface area contributed by atoms with Crippen molar-refractivity contribution < 1.29 is 4.74 Å². The first kappa shape index (κ1) is 13.5. The first-order chi connectivity index (χ1) is 8.12. The van der Waals surface area contributed by atoms with E-state index in [1.165, 1.54) is 5.56 Å². The van der Waals surface area contributed by atoms with Crippen molar-refractivity contribution in [2.75, 3.05) is 13.7 Å². The summed E-state index contributed by atoms with van der Waals surface area (Å²) in [5, 5.41) is 8.92. The smallest absolute Gasteiger partial charge is 0.136 e. The predicted molar refractivity (Wildman–Crippen MR) is 68.9 cm³/mol. The molecule has 0 unspecified atom stereocenters. The lowest BCUT2D eigenvalue weighted by molar-refractivity contribution is 0.224. The lowest BCUT2D eigenvalue weighted by Crippen LogP contribution is -2.29. The summed E-state index contributed by atoms with van der Waals surface area (Å²) in [6.07, 6.45) is 0. The molecular weight excluding hydrogens is 212 g/mol. The van der Waals surface area contributed by atoms with Crippen LogP contribution in [0.1, 0.15) is 31.9 Å². The third-order valence-electron chi connectivity index (χ3n) is 2.91. The van der Waals surface area contributed by atoms with Crippen LogP contribution in [0, 0.1) is 11.3 Å². The summed E-state index contributed by atoms with van der Waals surface area (Å²) in [6.45, 7) is 8.42. The highest BCUT2D eigenvalue weighted by Crippen LogP contribution is 2.20. The molecule has 0 aromatic heterocycles. The number of nitrogens with zero attached hydrogens (tertiary/aromatic N) is 2. The topological polar surface area (TPSA) is 36.3 Å². The summed E-state index contributed by atoms with van der Waals surface area (Å²) in [7, 11) is 1.60. The molecule has 17 heavy (non-hydrogen) atoms. The molecule has 0 bridgehead atoms. The van der Waals surface area contributed by atoms with E-state index in [1.807, 2.05) is 18.2 Å². The molecule has 92 valence electrons. The Balaban J connectivity index is 2.89. The molecule has 0 saturated heterocycles. The fourth-order valence-electron chi connectivity index (χ4n) is 1.82. The fraction of sp³-hybridized carbons (Fsp3) is 0.500. The van der Waals surface area contributed by atoms with Crippen LogP contribution >= 0.6 is 0 Å². The number of ether oxygens (including phenoxy) is 1. The molecule has 0 fully saturated rings. The van der Waals surface area contributed by atoms with Crippen LogP contribution in [-0.2, 0) is 6.54 Å². The predicted octanol–water partition coefficient (Wildman–Crippen LogP) is 2.80. The van der Waals surface area contributed by atoms with Gasteiger partial charge in [0.15, 0.2) is 0 Å². The van der Waals surface area contributed by atoms with Gasteiger partial charge in [0.25, 0.3) is 0 Å². The monoisotopic (exact) mass is 232 g/mol. The lowest BCUT2D eigenvalue weighted by atomic mass is 10.1. The number of rotatable bonds is 5. The zero-order valence-electron chi connectivity index (χ0n) is 11.0. The van der Waals surface area contributed by atoms with Crippen molar-refractivity contribution >= 4 is 0 Å². The molecule has 0 spiro atoms. The Bertz CT molecular complexity index is 407. The van der Waals surface area contributed by atoms with Crippen LogP contribution in [0.5, 0.6) is 5.75 Å². The van der Waals surface area contributed by atoms with Crippen molar-refractivity contribution in [1.82, 2.24) is 4.90 Å². The van der Waals surface area contributed by atoms with Gasteiger partial charge in [0.1, 0.15) is 11.8 Å². The van der Waals surface area contributed by atoms with Crippen LogP contribution < -0.4 is 4.74 Å². The van der Waals surface area contributed by atoms with Gasteiger partial charge in [-0.05, 0) is 38.1 Å². The molecule has 1 aromatic carbocycles. The Kier molecular flexibility index (Phi) is 4.99. The van der Waals surface area contributed by atoms with E-state index >= 15 is 0 Å². The van der Waals surface area contributed by atoms with Crippen LogP contribution in [0.25, 0.3) is 0 Å². The standard InChI is InChI=1S/C14H20N2O/c1-5-16(11(2)3)10-12-6-7-13(9-15)14(8-12)17-4/h6-8,11H,5,10H2,1-4H3. The molecule has 1 rings (SSSR count). The molecule has 0 atom stereocenters. The largest absolute Gasteiger partial charge is 0.495 e. The highest BCUT2D eigenvalue weighted by Gasteiger charge is 2.09. The Morgan fingerprint density at radius 3 is 2.59 bits per heavy atom. The van der Waals surface area contributed by atoms with Crippen LogP contribution in [-0.4, -0.2) is 24.6 Å². The van der Waals surface area contributed by atoms with Crippen molar-refractivity contribution in [2.24, 2.45) is 0 Å². The quantitative estimate of drug-likeness (QED) is 0.783. The van der Waals surface area contributed by atoms with Gasteiger partial charge in [-0.25, -0.2) is 0 Å². The molecule has 3 heteroatoms. The third-order valence-corrected chi connectivity index (χ3v) is 2.91. The maximum absolute atomic E-state index is 8.92. The highest BCUT2D eigenvalue weighted by molar-refractivity contribution is 5.45. The number of hydrogen-bond acceptors (Lipinski definition) is 3. The first-order valence-corrected chi connectivity index (χ1v) is 5.93. The molecule has 0 aliphatic heterocycles. The summed E-state index contributed by atoms with van der Waals surface area (Å²) in [5.41, 5.74) is 1.76. The van der Waals surface area contributed by atoms with Gasteiger partial charge < -0.3 is 4.74 Å². The number of nitriles is 1. The zero-order chi connectivity index (χ0) is 12.8. The molecule has 0 heterocycles. The lowest BCUT2D eigenvalue weighted by Gasteiger charge is -2.24. The minimum atomic E-state index is 0.515. The van der Waals surface area contributed by atoms with E-state index in [1.54, 1.807) is 7.11 Å². The van der Waals surface area contributed by atoms with E-state index in [0.29, 0.717) is 17.4 Å². The average molecular weight is 232 g/mol. The van der Waals surface area contributed by atoms with Crippen molar-refractivity contribution in [3.8, 4) is 11.8 Å². The van der Waals surface area contributed by atoms with E-state index in [-0.39, 0.29) is 0 Å². The molecule has 0 aliphatic rings. The highest BCUT2D eigenvalue weighted by atomic mass is 16.5. The van der Waals surface area contributed by atoms with Gasteiger partial charge in [-0.1, -0.05) is 13.0 Å². The summed E-state index contributed by atoms with van der Waals surface area (Å²) in [5.74, 6) is 0.657. The molecule has 3 nitrogen and oxygen atoms in total. The Morgan fingerprint density at radius 2 is 2.12 bits per heavy atom. The van der Waals surface area contributed by atoms with Crippen molar-refractivity contribution in [1.29, 1.82) is 5.26 Å². The van der Waals surface area contributed by atoms with Crippen molar-refractivity contribution in [2.45, 2.75) is 33.4 Å². The minimum absolute atomic E-state index is 0.515. The van der Waals surface area contributed by atoms with Gasteiger partial charge in [0.2, 0.25) is 0 Å². The summed E-state index contributed by atoms with van der Waals surface area (Å²) >= 11 is 0. The van der Waals surface area contributed by atoms with E-state index < -0.39 is 0 Å². The molecular formula is C14H20N2O. The maximum Gasteiger partial charge on any atom is 0.136 e. The van der Waals surface area contributed by atoms with Crippen LogP contribution in [0.4, 0.5) is 0 Å². The number of methoxy groups -OCH3 is 1. The summed E-state index contributed by atoms with van der Waals surface area (Å²) in [6, 6.07) is 8.40. The first-order valence-electron chi connectivity index (χ1n) is 5.93. The second-order valence-electron chi connectivity index (χ2n) is 4.30. The molecule has 0 radical (unpaired) electrons. The summed E-state index contributed by atoms with van der Waals surface area (Å²) in [4.78, 5) is 2.36. The van der Waals surface area contributed by atoms with Crippen LogP contribution in [0.15, 0.2) is 18.2 Å². The second-order valence-corrected chi connectivity index (χ2v) is 4.30. The molecule has 0 N–H and O–H groups in total. The van der Waals surface area contributed by atoms with Gasteiger partial charge in [0.05, 0.1) is 12.7 Å². The molecule has 0 saturated carbocycles. The molecule has 0 amide bonds. The van der Waals surface area contributed by atoms with Crippen LogP contribution in [0.2, 0.25) is 0 Å². The second kappa shape index (κ2) is 6.27. The maximum atomic E-state index is 8.92. The van der Waals surface area contributed by atoms with Crippen molar-refractivity contribution in [3.05, 3.63) is 29.3 Å². The van der Waals surface area contributed by atoms with Gasteiger partial charge >= 0.3 is 0 Å². The molecule has 1 aromatic rings. The summed E-state index contributed by atoms with van der Waals surface area (Å²) < 4.78 is 5.21. The minimum Gasteiger partial charge on any atom is -0.495 e. The number of benzene rings is 1. The zero-order valence-corrected chi connectivity index (χ0v) is 11.0. The van der Waals surface area contributed by atoms with Gasteiger partial charge in [-0.2, -0.15) is 5.26 Å². The van der Waals surface area contributed by atoms with Crippen molar-refractivity contribution in [3.63, 3.8) is 0 Å². The fourth-order valence-corrected chi connectivity index (χ4v) is 1.82. The number of hydrogen-bond donors (Lipinski definition) is 0. The molecule has 0 aliphatic carbocycles. The van der Waals surface area contributed by atoms with E-state index in [9.17, 15) is 0 Å². The average Bonchev–Trinajstić information content (AvgIpc) is 2.35.